The predicted molar refractivity (Wildman–Crippen MR) is 288 cm³/mol. The predicted octanol–water partition coefficient (Wildman–Crippen LogP) is 4.51. The van der Waals surface area contributed by atoms with E-state index in [1.807, 2.05) is 45.0 Å². The van der Waals surface area contributed by atoms with Crippen LogP contribution in [-0.4, -0.2) is 114 Å². The molecule has 21 nitrogen and oxygen atoms in total. The number of esters is 1. The Kier molecular flexibility index (Phi) is 21.2. The summed E-state index contributed by atoms with van der Waals surface area (Å²) >= 11 is 6.45. The van der Waals surface area contributed by atoms with Crippen LogP contribution in [-0.2, 0) is 75.2 Å². The summed E-state index contributed by atoms with van der Waals surface area (Å²) < 4.78 is 17.8. The third kappa shape index (κ3) is 17.1. The molecular formula is C57H76ClN7O14. The van der Waals surface area contributed by atoms with E-state index in [4.69, 9.17) is 30.6 Å². The molecule has 2 aromatic carbocycles. The third-order valence-corrected chi connectivity index (χ3v) is 14.9. The minimum absolute atomic E-state index is 0.00294. The SMILES string of the molecule is COc1ccc(C[C@H]2NC(=O)/C=C/C[C@@H]([C@H](C)[C@H]3O[C@@H]3c3ccc(CNC(=O)[C@H](C)NC(=O)C(NC(=O)CCCC(=O)ON4C(=O)CCC4=O)C(C)C)cc3)OC(=O)[C@H](CC(C)C)NC(=O)C(C)(C)[C@H](C3CC3)NC2=O)cc1Cl. The van der Waals surface area contributed by atoms with Gasteiger partial charge in [-0.3, -0.25) is 38.4 Å². The van der Waals surface area contributed by atoms with E-state index in [9.17, 15) is 47.9 Å². The lowest BCUT2D eigenvalue weighted by Gasteiger charge is -2.36. The van der Waals surface area contributed by atoms with E-state index < -0.39 is 113 Å². The number of carbonyl (C=O) groups is 10. The number of amides is 8. The number of nitrogens with zero attached hydrogens (tertiary/aromatic N) is 1. The minimum atomic E-state index is -1.17. The van der Waals surface area contributed by atoms with Crippen molar-refractivity contribution in [2.75, 3.05) is 7.11 Å². The first kappa shape index (κ1) is 61.3. The Morgan fingerprint density at radius 1 is 0.835 bits per heavy atom. The van der Waals surface area contributed by atoms with Crippen molar-refractivity contribution in [2.24, 2.45) is 29.1 Å². The van der Waals surface area contributed by atoms with E-state index in [0.29, 0.717) is 21.4 Å². The molecule has 3 aliphatic heterocycles. The van der Waals surface area contributed by atoms with Gasteiger partial charge < -0.3 is 50.9 Å². The molecule has 0 radical (unpaired) electrons. The highest BCUT2D eigenvalue weighted by Crippen LogP contribution is 2.45. The Labute approximate surface area is 466 Å². The average molecular weight is 1120 g/mol. The lowest BCUT2D eigenvalue weighted by Crippen LogP contribution is -2.59. The van der Waals surface area contributed by atoms with Gasteiger partial charge in [0.05, 0.1) is 23.7 Å². The number of halogens is 1. The molecule has 2 aromatic rings. The molecule has 3 fully saturated rings. The van der Waals surface area contributed by atoms with Gasteiger partial charge in [-0.25, -0.2) is 9.59 Å². The van der Waals surface area contributed by atoms with Crippen LogP contribution in [0.1, 0.15) is 136 Å². The number of hydrogen-bond acceptors (Lipinski definition) is 14. The fourth-order valence-electron chi connectivity index (χ4n) is 9.67. The van der Waals surface area contributed by atoms with Crippen LogP contribution >= 0.6 is 11.6 Å². The Morgan fingerprint density at radius 2 is 1.51 bits per heavy atom. The lowest BCUT2D eigenvalue weighted by atomic mass is 9.80. The number of cyclic esters (lactones) is 1. The molecule has 9 atom stereocenters. The molecule has 2 saturated heterocycles. The van der Waals surface area contributed by atoms with E-state index in [1.54, 1.807) is 52.0 Å². The molecule has 22 heteroatoms. The molecule has 0 aromatic heterocycles. The highest BCUT2D eigenvalue weighted by molar-refractivity contribution is 6.32. The molecule has 430 valence electrons. The third-order valence-electron chi connectivity index (χ3n) is 14.7. The number of hydrogen-bond donors (Lipinski definition) is 6. The molecule has 0 spiro atoms. The quantitative estimate of drug-likeness (QED) is 0.0570. The first-order valence-electron chi connectivity index (χ1n) is 27.2. The van der Waals surface area contributed by atoms with Gasteiger partial charge in [-0.15, -0.1) is 5.06 Å². The van der Waals surface area contributed by atoms with E-state index >= 15 is 0 Å². The Hall–Kier alpha value is -6.87. The summed E-state index contributed by atoms with van der Waals surface area (Å²) in [6.45, 7) is 14.4. The van der Waals surface area contributed by atoms with Gasteiger partial charge in [0, 0.05) is 57.0 Å². The Bertz CT molecular complexity index is 2620. The van der Waals surface area contributed by atoms with Gasteiger partial charge in [0.25, 0.3) is 11.8 Å². The van der Waals surface area contributed by atoms with Crippen LogP contribution in [0.2, 0.25) is 5.02 Å². The van der Waals surface area contributed by atoms with Crippen LogP contribution in [0.3, 0.4) is 0 Å². The molecule has 6 N–H and O–H groups in total. The van der Waals surface area contributed by atoms with Crippen molar-refractivity contribution in [2.45, 2.75) is 175 Å². The number of carbonyl (C=O) groups excluding carboxylic acids is 10. The Morgan fingerprint density at radius 3 is 2.13 bits per heavy atom. The Balaban J connectivity index is 1.06. The summed E-state index contributed by atoms with van der Waals surface area (Å²) in [5.41, 5.74) is 1.09. The second kappa shape index (κ2) is 27.3. The smallest absolute Gasteiger partial charge is 0.333 e. The lowest BCUT2D eigenvalue weighted by molar-refractivity contribution is -0.197. The zero-order chi connectivity index (χ0) is 57.9. The van der Waals surface area contributed by atoms with E-state index in [1.165, 1.54) is 20.1 Å². The highest BCUT2D eigenvalue weighted by Gasteiger charge is 2.50. The number of benzene rings is 2. The molecule has 1 saturated carbocycles. The van der Waals surface area contributed by atoms with Crippen LogP contribution in [0.15, 0.2) is 54.6 Å². The molecule has 0 bridgehead atoms. The van der Waals surface area contributed by atoms with Crippen LogP contribution < -0.4 is 36.6 Å². The van der Waals surface area contributed by atoms with Crippen LogP contribution in [0.25, 0.3) is 0 Å². The normalized spacial score (nSPS) is 24.3. The fourth-order valence-corrected chi connectivity index (χ4v) is 9.95. The number of hydroxylamine groups is 2. The van der Waals surface area contributed by atoms with Crippen molar-refractivity contribution in [3.63, 3.8) is 0 Å². The zero-order valence-electron chi connectivity index (χ0n) is 46.4. The standard InChI is InChI=1S/C57H76ClN7O14/c1-30(2)26-40-55(74)77-41(12-10-13-43(66)61-39(28-35-18-23-42(76-9)38(58)27-35)53(72)64-51(37-21-22-37)57(7,8)56(75)62-40)32(5)49-50(78-49)36-19-16-34(17-20-36)29-59-52(71)33(6)60-54(73)48(31(3)4)63-44(67)14-11-15-47(70)79-65-45(68)24-25-46(65)69/h10,13,16-20,23,27,30-33,37,39-41,48-51H,11-12,14-15,21-22,24-26,28-29H2,1-9H3,(H,59,71)(H,60,73)(H,61,66)(H,62,75)(H,63,67)(H,64,72)/b13-10+/t32-,33-,39+,40-,41-,48?,49+,50+,51-/m0/s1. The summed E-state index contributed by atoms with van der Waals surface area (Å²) in [5, 5.41) is 17.8. The van der Waals surface area contributed by atoms with Crippen molar-refractivity contribution < 1.29 is 67.0 Å². The van der Waals surface area contributed by atoms with Gasteiger partial charge in [0.1, 0.15) is 42.1 Å². The molecule has 8 amide bonds. The maximum Gasteiger partial charge on any atom is 0.333 e. The maximum absolute atomic E-state index is 14.3. The summed E-state index contributed by atoms with van der Waals surface area (Å²) in [7, 11) is 1.50. The molecular weight excluding hydrogens is 1040 g/mol. The van der Waals surface area contributed by atoms with Crippen molar-refractivity contribution in [1.82, 2.24) is 37.0 Å². The summed E-state index contributed by atoms with van der Waals surface area (Å²) in [5.74, 6) is -6.00. The molecule has 1 unspecified atom stereocenters. The summed E-state index contributed by atoms with van der Waals surface area (Å²) in [6.07, 6.45) is 2.99. The summed E-state index contributed by atoms with van der Waals surface area (Å²) in [6, 6.07) is 7.90. The molecule has 1 aliphatic carbocycles. The first-order valence-corrected chi connectivity index (χ1v) is 27.5. The van der Waals surface area contributed by atoms with Gasteiger partial charge in [-0.2, -0.15) is 0 Å². The second-order valence-electron chi connectivity index (χ2n) is 22.3. The largest absolute Gasteiger partial charge is 0.495 e. The highest BCUT2D eigenvalue weighted by atomic mass is 35.5. The number of nitrogens with one attached hydrogen (secondary N) is 6. The number of methoxy groups -OCH3 is 1. The van der Waals surface area contributed by atoms with E-state index in [2.05, 4.69) is 31.9 Å². The number of epoxide rings is 1. The average Bonchev–Trinajstić information content (AvgIpc) is 4.36. The number of rotatable bonds is 21. The van der Waals surface area contributed by atoms with Crippen LogP contribution in [0, 0.1) is 29.1 Å². The van der Waals surface area contributed by atoms with Gasteiger partial charge in [-0.1, -0.05) is 82.6 Å². The van der Waals surface area contributed by atoms with Crippen LogP contribution in [0.5, 0.6) is 5.75 Å². The molecule has 4 aliphatic rings. The van der Waals surface area contributed by atoms with Crippen LogP contribution in [0.4, 0.5) is 0 Å². The monoisotopic (exact) mass is 1120 g/mol. The van der Waals surface area contributed by atoms with E-state index in [-0.39, 0.29) is 81.8 Å². The van der Waals surface area contributed by atoms with Crippen molar-refractivity contribution >= 4 is 70.8 Å². The van der Waals surface area contributed by atoms with Gasteiger partial charge in [0.15, 0.2) is 0 Å². The number of ether oxygens (including phenoxy) is 3. The zero-order valence-corrected chi connectivity index (χ0v) is 47.2. The van der Waals surface area contributed by atoms with Gasteiger partial charge in [-0.05, 0) is 99.1 Å². The first-order chi connectivity index (χ1) is 37.4. The van der Waals surface area contributed by atoms with Gasteiger partial charge >= 0.3 is 11.9 Å². The molecule has 6 rings (SSSR count). The maximum atomic E-state index is 14.3. The number of imide groups is 1. The molecule has 3 heterocycles. The summed E-state index contributed by atoms with van der Waals surface area (Å²) in [4.78, 5) is 136. The van der Waals surface area contributed by atoms with E-state index in [0.717, 1.165) is 24.0 Å². The second-order valence-corrected chi connectivity index (χ2v) is 22.7. The molecule has 79 heavy (non-hydrogen) atoms. The fraction of sp³-hybridized carbons (Fsp3) is 0.579. The minimum Gasteiger partial charge on any atom is -0.495 e. The topological polar surface area (TPSA) is 286 Å². The van der Waals surface area contributed by atoms with Gasteiger partial charge in [0.2, 0.25) is 35.4 Å². The van der Waals surface area contributed by atoms with Crippen molar-refractivity contribution in [3.05, 3.63) is 76.3 Å². The van der Waals surface area contributed by atoms with Crippen molar-refractivity contribution in [3.8, 4) is 5.75 Å². The van der Waals surface area contributed by atoms with Crippen molar-refractivity contribution in [1.29, 1.82) is 0 Å².